The Morgan fingerprint density at radius 2 is 1.69 bits per heavy atom. The molecular weight excluding hydrogens is 432 g/mol. The van der Waals surface area contributed by atoms with Crippen LogP contribution in [-0.2, 0) is 9.53 Å². The number of nitrogens with one attached hydrogen (secondary N) is 1. The molecule has 1 unspecified atom stereocenters. The summed E-state index contributed by atoms with van der Waals surface area (Å²) >= 11 is 5.71. The van der Waals surface area contributed by atoms with Crippen molar-refractivity contribution in [2.24, 2.45) is 0 Å². The van der Waals surface area contributed by atoms with Crippen LogP contribution in [0, 0.1) is 0 Å². The van der Waals surface area contributed by atoms with Crippen LogP contribution in [0.2, 0.25) is 0 Å². The zero-order chi connectivity index (χ0) is 22.8. The van der Waals surface area contributed by atoms with Gasteiger partial charge in [0.2, 0.25) is 0 Å². The highest BCUT2D eigenvalue weighted by Gasteiger charge is 2.36. The number of esters is 1. The van der Waals surface area contributed by atoms with Gasteiger partial charge in [-0.3, -0.25) is 4.90 Å². The number of methoxy groups -OCH3 is 3. The van der Waals surface area contributed by atoms with Crippen LogP contribution in [0.5, 0.6) is 23.0 Å². The molecule has 2 heterocycles. The van der Waals surface area contributed by atoms with Crippen molar-refractivity contribution in [3.8, 4) is 23.0 Å². The number of hydrogen-bond donors (Lipinski definition) is 1. The molecular formula is C23H24N2O6S. The highest BCUT2D eigenvalue weighted by Crippen LogP contribution is 2.39. The number of ether oxygens (including phenoxy) is 5. The fourth-order valence-electron chi connectivity index (χ4n) is 3.85. The Morgan fingerprint density at radius 1 is 1.03 bits per heavy atom. The largest absolute Gasteiger partial charge is 0.497 e. The number of benzene rings is 2. The van der Waals surface area contributed by atoms with Gasteiger partial charge in [-0.25, -0.2) is 4.79 Å². The number of rotatable bonds is 5. The first kappa shape index (κ1) is 21.8. The third kappa shape index (κ3) is 3.91. The Morgan fingerprint density at radius 3 is 2.31 bits per heavy atom. The number of carbonyl (C=O) groups is 1. The molecule has 168 valence electrons. The standard InChI is InChI=1S/C23H24N2O6S/c1-13-20(22(26)29-4)21(14-9-16(27-2)12-17(10-14)28-3)24-23(32)25(13)15-5-6-18-19(11-15)31-8-7-30-18/h5-6,9-12,21H,7-8H2,1-4H3,(H,24,32). The van der Waals surface area contributed by atoms with Crippen molar-refractivity contribution in [1.29, 1.82) is 0 Å². The van der Waals surface area contributed by atoms with Crippen LogP contribution in [0.4, 0.5) is 5.69 Å². The van der Waals surface area contributed by atoms with Crippen LogP contribution < -0.4 is 29.2 Å². The summed E-state index contributed by atoms with van der Waals surface area (Å²) in [5.41, 5.74) is 2.56. The first-order valence-corrected chi connectivity index (χ1v) is 10.4. The molecule has 0 spiro atoms. The van der Waals surface area contributed by atoms with E-state index in [1.807, 2.05) is 37.3 Å². The van der Waals surface area contributed by atoms with E-state index in [1.54, 1.807) is 25.2 Å². The molecule has 0 bridgehead atoms. The van der Waals surface area contributed by atoms with E-state index in [-0.39, 0.29) is 0 Å². The molecule has 2 aromatic rings. The maximum absolute atomic E-state index is 12.9. The van der Waals surface area contributed by atoms with E-state index in [1.165, 1.54) is 7.11 Å². The monoisotopic (exact) mass is 456 g/mol. The van der Waals surface area contributed by atoms with Gasteiger partial charge in [0, 0.05) is 17.8 Å². The highest BCUT2D eigenvalue weighted by atomic mass is 32.1. The van der Waals surface area contributed by atoms with E-state index in [2.05, 4.69) is 5.32 Å². The van der Waals surface area contributed by atoms with E-state index in [4.69, 9.17) is 35.9 Å². The van der Waals surface area contributed by atoms with Crippen molar-refractivity contribution in [1.82, 2.24) is 5.32 Å². The van der Waals surface area contributed by atoms with Gasteiger partial charge >= 0.3 is 5.97 Å². The first-order chi connectivity index (χ1) is 15.5. The van der Waals surface area contributed by atoms with Gasteiger partial charge in [0.25, 0.3) is 0 Å². The summed E-state index contributed by atoms with van der Waals surface area (Å²) in [6.07, 6.45) is 0. The maximum Gasteiger partial charge on any atom is 0.337 e. The second-order valence-corrected chi connectivity index (χ2v) is 7.57. The molecule has 1 N–H and O–H groups in total. The molecule has 0 saturated carbocycles. The summed E-state index contributed by atoms with van der Waals surface area (Å²) in [7, 11) is 4.50. The van der Waals surface area contributed by atoms with Gasteiger partial charge in [0.15, 0.2) is 16.6 Å². The lowest BCUT2D eigenvalue weighted by atomic mass is 9.94. The zero-order valence-corrected chi connectivity index (χ0v) is 19.1. The second kappa shape index (κ2) is 8.96. The smallest absolute Gasteiger partial charge is 0.337 e. The number of nitrogens with zero attached hydrogens (tertiary/aromatic N) is 1. The van der Waals surface area contributed by atoms with Crippen LogP contribution in [-0.4, -0.2) is 45.6 Å². The molecule has 0 aliphatic carbocycles. The number of allylic oxidation sites excluding steroid dienone is 1. The van der Waals surface area contributed by atoms with Crippen molar-refractivity contribution >= 4 is 29.0 Å². The van der Waals surface area contributed by atoms with Crippen LogP contribution in [0.3, 0.4) is 0 Å². The van der Waals surface area contributed by atoms with Crippen LogP contribution >= 0.6 is 12.2 Å². The molecule has 0 amide bonds. The van der Waals surface area contributed by atoms with Gasteiger partial charge in [-0.2, -0.15) is 0 Å². The van der Waals surface area contributed by atoms with E-state index in [9.17, 15) is 4.79 Å². The summed E-state index contributed by atoms with van der Waals surface area (Å²) in [5, 5.41) is 3.70. The van der Waals surface area contributed by atoms with Crippen LogP contribution in [0.25, 0.3) is 0 Å². The molecule has 2 aromatic carbocycles. The van der Waals surface area contributed by atoms with E-state index in [0.717, 1.165) is 11.3 Å². The first-order valence-electron chi connectivity index (χ1n) is 9.99. The fourth-order valence-corrected chi connectivity index (χ4v) is 4.21. The topological polar surface area (TPSA) is 78.5 Å². The van der Waals surface area contributed by atoms with Gasteiger partial charge in [-0.1, -0.05) is 0 Å². The lowest BCUT2D eigenvalue weighted by Gasteiger charge is -2.37. The van der Waals surface area contributed by atoms with Gasteiger partial charge in [0.05, 0.1) is 38.6 Å². The van der Waals surface area contributed by atoms with Crippen LogP contribution in [0.15, 0.2) is 47.7 Å². The molecule has 0 saturated heterocycles. The lowest BCUT2D eigenvalue weighted by molar-refractivity contribution is -0.136. The molecule has 4 rings (SSSR count). The second-order valence-electron chi connectivity index (χ2n) is 7.18. The average molecular weight is 457 g/mol. The Labute approximate surface area is 191 Å². The van der Waals surface area contributed by atoms with Gasteiger partial charge in [-0.15, -0.1) is 0 Å². The molecule has 1 atom stereocenters. The predicted molar refractivity (Wildman–Crippen MR) is 123 cm³/mol. The summed E-state index contributed by atoms with van der Waals surface area (Å²) in [5.74, 6) is 2.04. The summed E-state index contributed by atoms with van der Waals surface area (Å²) in [4.78, 5) is 14.7. The van der Waals surface area contributed by atoms with E-state index in [0.29, 0.717) is 52.6 Å². The van der Waals surface area contributed by atoms with Crippen molar-refractivity contribution in [2.75, 3.05) is 39.4 Å². The fraction of sp³-hybridized carbons (Fsp3) is 0.304. The van der Waals surface area contributed by atoms with Gasteiger partial charge in [-0.05, 0) is 49.0 Å². The third-order valence-corrected chi connectivity index (χ3v) is 5.68. The van der Waals surface area contributed by atoms with Gasteiger partial charge in [0.1, 0.15) is 24.7 Å². The average Bonchev–Trinajstić information content (AvgIpc) is 2.82. The molecule has 8 nitrogen and oxygen atoms in total. The molecule has 0 radical (unpaired) electrons. The Hall–Kier alpha value is -3.46. The molecule has 0 fully saturated rings. The van der Waals surface area contributed by atoms with Gasteiger partial charge < -0.3 is 29.0 Å². The van der Waals surface area contributed by atoms with E-state index >= 15 is 0 Å². The van der Waals surface area contributed by atoms with Crippen molar-refractivity contribution in [2.45, 2.75) is 13.0 Å². The number of hydrogen-bond acceptors (Lipinski definition) is 7. The summed E-state index contributed by atoms with van der Waals surface area (Å²) < 4.78 is 27.2. The van der Waals surface area contributed by atoms with Crippen LogP contribution in [0.1, 0.15) is 18.5 Å². The Balaban J connectivity index is 1.82. The molecule has 0 aromatic heterocycles. The molecule has 2 aliphatic heterocycles. The Kier molecular flexibility index (Phi) is 6.09. The molecule has 9 heteroatoms. The Bertz CT molecular complexity index is 1080. The molecule has 32 heavy (non-hydrogen) atoms. The number of carbonyl (C=O) groups excluding carboxylic acids is 1. The number of fused-ring (bicyclic) bond motifs is 1. The SMILES string of the molecule is COC(=O)C1=C(C)N(c2ccc3c(c2)OCCO3)C(=S)NC1c1cc(OC)cc(OC)c1. The minimum atomic E-state index is -0.549. The molecule has 2 aliphatic rings. The summed E-state index contributed by atoms with van der Waals surface area (Å²) in [6.45, 7) is 2.81. The van der Waals surface area contributed by atoms with E-state index < -0.39 is 12.0 Å². The number of anilines is 1. The normalized spacial score (nSPS) is 17.6. The zero-order valence-electron chi connectivity index (χ0n) is 18.3. The predicted octanol–water partition coefficient (Wildman–Crippen LogP) is 3.36. The summed E-state index contributed by atoms with van der Waals surface area (Å²) in [6, 6.07) is 10.4. The number of thiocarbonyl (C=S) groups is 1. The lowest BCUT2D eigenvalue weighted by Crippen LogP contribution is -2.48. The van der Waals surface area contributed by atoms with Crippen molar-refractivity contribution in [3.05, 3.63) is 53.2 Å². The van der Waals surface area contributed by atoms with Crippen molar-refractivity contribution < 1.29 is 28.5 Å². The van der Waals surface area contributed by atoms with Crippen molar-refractivity contribution in [3.63, 3.8) is 0 Å². The minimum Gasteiger partial charge on any atom is -0.497 e. The minimum absolute atomic E-state index is 0.422. The highest BCUT2D eigenvalue weighted by molar-refractivity contribution is 7.80. The maximum atomic E-state index is 12.9. The third-order valence-electron chi connectivity index (χ3n) is 5.38. The quantitative estimate of drug-likeness (QED) is 0.538.